The van der Waals surface area contributed by atoms with Gasteiger partial charge in [0.2, 0.25) is 0 Å². The van der Waals surface area contributed by atoms with Crippen LogP contribution < -0.4 is 15.1 Å². The molecule has 1 aromatic heterocycles. The SMILES string of the molecule is COc1c(C=O)c2c(c3oc(=O)c4c(c13)CCC4=O)[C@@H]1C=CO[C@@H]1O2. The van der Waals surface area contributed by atoms with Crippen molar-refractivity contribution in [2.75, 3.05) is 7.11 Å². The molecule has 0 fully saturated rings. The fraction of sp³-hybridized carbons (Fsp3) is 0.278. The van der Waals surface area contributed by atoms with Crippen LogP contribution in [-0.2, 0) is 11.2 Å². The maximum atomic E-state index is 12.4. The van der Waals surface area contributed by atoms with E-state index in [1.807, 2.05) is 0 Å². The van der Waals surface area contributed by atoms with E-state index >= 15 is 0 Å². The number of rotatable bonds is 2. The molecule has 3 heterocycles. The summed E-state index contributed by atoms with van der Waals surface area (Å²) in [5.74, 6) is 0.00742. The van der Waals surface area contributed by atoms with Crippen LogP contribution in [0.15, 0.2) is 21.5 Å². The fourth-order valence-corrected chi connectivity index (χ4v) is 3.97. The normalized spacial score (nSPS) is 22.4. The van der Waals surface area contributed by atoms with Crippen LogP contribution in [0.3, 0.4) is 0 Å². The van der Waals surface area contributed by atoms with Gasteiger partial charge in [-0.2, -0.15) is 0 Å². The van der Waals surface area contributed by atoms with Gasteiger partial charge in [0.05, 0.1) is 35.8 Å². The van der Waals surface area contributed by atoms with Crippen LogP contribution in [-0.4, -0.2) is 25.5 Å². The second kappa shape index (κ2) is 4.72. The predicted octanol–water partition coefficient (Wildman–Crippen LogP) is 2.09. The zero-order valence-corrected chi connectivity index (χ0v) is 13.2. The highest BCUT2D eigenvalue weighted by atomic mass is 16.7. The molecule has 2 aliphatic heterocycles. The number of carbonyl (C=O) groups is 2. The predicted molar refractivity (Wildman–Crippen MR) is 84.5 cm³/mol. The molecule has 0 N–H and O–H groups in total. The van der Waals surface area contributed by atoms with Gasteiger partial charge in [0, 0.05) is 6.42 Å². The molecule has 0 saturated carbocycles. The lowest BCUT2D eigenvalue weighted by molar-refractivity contribution is -0.00510. The Morgan fingerprint density at radius 2 is 2.12 bits per heavy atom. The zero-order chi connectivity index (χ0) is 17.3. The Labute approximate surface area is 140 Å². The van der Waals surface area contributed by atoms with Gasteiger partial charge in [-0.05, 0) is 18.1 Å². The molecule has 0 radical (unpaired) electrons. The van der Waals surface area contributed by atoms with Crippen LogP contribution in [0.5, 0.6) is 11.5 Å². The van der Waals surface area contributed by atoms with Crippen molar-refractivity contribution < 1.29 is 28.2 Å². The second-order valence-corrected chi connectivity index (χ2v) is 6.15. The van der Waals surface area contributed by atoms with E-state index in [1.165, 1.54) is 13.4 Å². The monoisotopic (exact) mass is 340 g/mol. The first kappa shape index (κ1) is 14.3. The largest absolute Gasteiger partial charge is 0.495 e. The minimum Gasteiger partial charge on any atom is -0.495 e. The van der Waals surface area contributed by atoms with Crippen molar-refractivity contribution in [3.05, 3.63) is 45.0 Å². The molecule has 0 amide bonds. The number of methoxy groups -OCH3 is 1. The lowest BCUT2D eigenvalue weighted by Gasteiger charge is -2.15. The summed E-state index contributed by atoms with van der Waals surface area (Å²) >= 11 is 0. The van der Waals surface area contributed by atoms with Crippen molar-refractivity contribution >= 4 is 23.0 Å². The van der Waals surface area contributed by atoms with Crippen LogP contribution in [0, 0.1) is 0 Å². The molecule has 1 aliphatic carbocycles. The second-order valence-electron chi connectivity index (χ2n) is 6.15. The van der Waals surface area contributed by atoms with Crippen molar-refractivity contribution in [2.45, 2.75) is 25.0 Å². The number of aryl methyl sites for hydroxylation is 1. The molecule has 7 nitrogen and oxygen atoms in total. The van der Waals surface area contributed by atoms with E-state index in [9.17, 15) is 14.4 Å². The van der Waals surface area contributed by atoms with Crippen molar-refractivity contribution in [1.29, 1.82) is 0 Å². The Morgan fingerprint density at radius 1 is 1.28 bits per heavy atom. The number of Topliss-reactive ketones (excluding diaryl/α,β-unsaturated/α-hetero) is 1. The average Bonchev–Trinajstić information content (AvgIpc) is 3.28. The van der Waals surface area contributed by atoms with Crippen LogP contribution in [0.1, 0.15) is 44.2 Å². The van der Waals surface area contributed by atoms with E-state index in [0.29, 0.717) is 40.6 Å². The summed E-state index contributed by atoms with van der Waals surface area (Å²) in [7, 11) is 1.43. The highest BCUT2D eigenvalue weighted by Crippen LogP contribution is 2.52. The molecule has 0 saturated heterocycles. The number of benzene rings is 1. The van der Waals surface area contributed by atoms with E-state index < -0.39 is 11.9 Å². The molecule has 0 spiro atoms. The van der Waals surface area contributed by atoms with E-state index in [0.717, 1.165) is 0 Å². The molecule has 0 unspecified atom stereocenters. The van der Waals surface area contributed by atoms with E-state index in [1.54, 1.807) is 6.08 Å². The Morgan fingerprint density at radius 3 is 2.88 bits per heavy atom. The summed E-state index contributed by atoms with van der Waals surface area (Å²) in [6.45, 7) is 0. The molecule has 3 aliphatic rings. The first-order valence-corrected chi connectivity index (χ1v) is 7.86. The van der Waals surface area contributed by atoms with Crippen LogP contribution in [0.25, 0.3) is 11.0 Å². The van der Waals surface area contributed by atoms with Gasteiger partial charge in [0.25, 0.3) is 6.29 Å². The van der Waals surface area contributed by atoms with Gasteiger partial charge < -0.3 is 18.6 Å². The van der Waals surface area contributed by atoms with Crippen molar-refractivity contribution in [3.8, 4) is 11.5 Å². The molecule has 7 heteroatoms. The highest BCUT2D eigenvalue weighted by Gasteiger charge is 2.44. The van der Waals surface area contributed by atoms with E-state index in [-0.39, 0.29) is 35.0 Å². The fourth-order valence-electron chi connectivity index (χ4n) is 3.97. The molecular formula is C18H12O7. The summed E-state index contributed by atoms with van der Waals surface area (Å²) in [6.07, 6.45) is 3.99. The molecule has 1 aromatic carbocycles. The number of hydrogen-bond donors (Lipinski definition) is 0. The maximum absolute atomic E-state index is 12.4. The number of ketones is 1. The van der Waals surface area contributed by atoms with Gasteiger partial charge in [-0.3, -0.25) is 9.59 Å². The summed E-state index contributed by atoms with van der Waals surface area (Å²) in [6, 6.07) is 0. The number of carbonyl (C=O) groups excluding carboxylic acids is 2. The molecule has 126 valence electrons. The molecular weight excluding hydrogens is 328 g/mol. The molecule has 0 bridgehead atoms. The quantitative estimate of drug-likeness (QED) is 0.610. The highest BCUT2D eigenvalue weighted by molar-refractivity contribution is 6.08. The van der Waals surface area contributed by atoms with Gasteiger partial charge in [0.1, 0.15) is 22.6 Å². The maximum Gasteiger partial charge on any atom is 0.347 e. The van der Waals surface area contributed by atoms with Gasteiger partial charge in [-0.15, -0.1) is 0 Å². The number of fused-ring (bicyclic) bond motifs is 7. The molecule has 25 heavy (non-hydrogen) atoms. The van der Waals surface area contributed by atoms with E-state index in [4.69, 9.17) is 18.6 Å². The third kappa shape index (κ3) is 1.62. The molecule has 5 rings (SSSR count). The Kier molecular flexibility index (Phi) is 2.69. The van der Waals surface area contributed by atoms with Gasteiger partial charge in [0.15, 0.2) is 12.1 Å². The van der Waals surface area contributed by atoms with Crippen LogP contribution in [0.4, 0.5) is 0 Å². The van der Waals surface area contributed by atoms with Crippen molar-refractivity contribution in [3.63, 3.8) is 0 Å². The van der Waals surface area contributed by atoms with Crippen molar-refractivity contribution in [1.82, 2.24) is 0 Å². The lowest BCUT2D eigenvalue weighted by atomic mass is 9.93. The van der Waals surface area contributed by atoms with E-state index in [2.05, 4.69) is 0 Å². The topological polar surface area (TPSA) is 92.0 Å². The van der Waals surface area contributed by atoms with Gasteiger partial charge in [-0.25, -0.2) is 4.79 Å². The number of hydrogen-bond acceptors (Lipinski definition) is 7. The third-order valence-corrected chi connectivity index (χ3v) is 5.00. The van der Waals surface area contributed by atoms with Crippen LogP contribution in [0.2, 0.25) is 0 Å². The van der Waals surface area contributed by atoms with Crippen LogP contribution >= 0.6 is 0 Å². The number of ether oxygens (including phenoxy) is 3. The van der Waals surface area contributed by atoms with Crippen molar-refractivity contribution in [2.24, 2.45) is 0 Å². The Bertz CT molecular complexity index is 1060. The lowest BCUT2D eigenvalue weighted by Crippen LogP contribution is -2.14. The summed E-state index contributed by atoms with van der Waals surface area (Å²) in [5.41, 5.74) is 1.06. The summed E-state index contributed by atoms with van der Waals surface area (Å²) in [5, 5.41) is 0.494. The summed E-state index contributed by atoms with van der Waals surface area (Å²) < 4.78 is 22.1. The first-order valence-electron chi connectivity index (χ1n) is 7.86. The summed E-state index contributed by atoms with van der Waals surface area (Å²) in [4.78, 5) is 36.2. The zero-order valence-electron chi connectivity index (χ0n) is 13.2. The van der Waals surface area contributed by atoms with Gasteiger partial charge >= 0.3 is 5.63 Å². The first-order chi connectivity index (χ1) is 12.2. The standard InChI is InChI=1S/C18H12O7/c1-22-14-9(6-19)15-13(8-4-5-23-18(8)25-15)16-12(14)7-2-3-10(20)11(7)17(21)24-16/h4-6,8,18H,2-3H2,1H3/t8-,18+/m0/s1. The van der Waals surface area contributed by atoms with Gasteiger partial charge in [-0.1, -0.05) is 0 Å². The minimum absolute atomic E-state index is 0.0521. The smallest absolute Gasteiger partial charge is 0.347 e. The third-order valence-electron chi connectivity index (χ3n) is 5.00. The molecule has 2 aromatic rings. The minimum atomic E-state index is -0.667. The average molecular weight is 340 g/mol. The Hall–Kier alpha value is -3.09. The number of aldehydes is 1. The Balaban J connectivity index is 2.01. The molecule has 2 atom stereocenters.